The normalized spacial score (nSPS) is 11.9. The molecule has 0 amide bonds. The van der Waals surface area contributed by atoms with Crippen LogP contribution in [-0.2, 0) is 19.2 Å². The standard InChI is InChI=1S/C8H13BrO3S.C8H14O3S.CH2Cl2/c1-5(9)7(12)8(2,3)13-4-6(10)11;1-4-6(9)8(2,3)12-5-7(10)11;2-1-3/h5H,4H2,1-3H3,(H,10,11);4-5H2,1-3H3,(H,10,11);1H2. The number of ketones is 2. The van der Waals surface area contributed by atoms with E-state index in [1.807, 2.05) is 0 Å². The fourth-order valence-electron chi connectivity index (χ4n) is 1.54. The summed E-state index contributed by atoms with van der Waals surface area (Å²) in [6, 6.07) is 0. The molecule has 0 bridgehead atoms. The first-order valence-corrected chi connectivity index (χ1v) is 12.1. The summed E-state index contributed by atoms with van der Waals surface area (Å²) in [5.74, 6) is -1.73. The number of rotatable bonds is 10. The predicted octanol–water partition coefficient (Wildman–Crippen LogP) is 4.92. The summed E-state index contributed by atoms with van der Waals surface area (Å²) in [5, 5.41) is 17.0. The van der Waals surface area contributed by atoms with Crippen molar-refractivity contribution in [3.05, 3.63) is 0 Å². The molecule has 1 unspecified atom stereocenters. The third kappa shape index (κ3) is 18.1. The molecule has 1 atom stereocenters. The number of alkyl halides is 3. The van der Waals surface area contributed by atoms with Crippen LogP contribution in [0.2, 0.25) is 0 Å². The first kappa shape index (κ1) is 32.7. The van der Waals surface area contributed by atoms with E-state index in [-0.39, 0.29) is 33.2 Å². The van der Waals surface area contributed by atoms with E-state index in [2.05, 4.69) is 15.9 Å². The predicted molar refractivity (Wildman–Crippen MR) is 124 cm³/mol. The second kappa shape index (κ2) is 16.8. The van der Waals surface area contributed by atoms with Crippen LogP contribution in [0.15, 0.2) is 0 Å². The lowest BCUT2D eigenvalue weighted by molar-refractivity contribution is -0.135. The van der Waals surface area contributed by atoms with Crippen LogP contribution in [0.3, 0.4) is 0 Å². The Hall–Kier alpha value is 0.0400. The van der Waals surface area contributed by atoms with Gasteiger partial charge in [0.2, 0.25) is 0 Å². The molecule has 28 heavy (non-hydrogen) atoms. The molecule has 0 aromatic carbocycles. The maximum Gasteiger partial charge on any atom is 0.313 e. The number of thioether (sulfide) groups is 2. The molecule has 0 spiro atoms. The van der Waals surface area contributed by atoms with Gasteiger partial charge in [-0.25, -0.2) is 0 Å². The first-order valence-electron chi connectivity index (χ1n) is 8.14. The second-order valence-corrected chi connectivity index (χ2v) is 11.6. The SMILES string of the molecule is CC(Br)C(=O)C(C)(C)SCC(=O)O.CCC(=O)C(C)(C)SCC(=O)O.ClCCl. The molecule has 0 aliphatic heterocycles. The summed E-state index contributed by atoms with van der Waals surface area (Å²) >= 11 is 15.0. The van der Waals surface area contributed by atoms with E-state index in [0.29, 0.717) is 6.42 Å². The number of carboxylic acid groups (broad SMARTS) is 2. The summed E-state index contributed by atoms with van der Waals surface area (Å²) in [5.41, 5.74) is 0. The molecule has 0 rings (SSSR count). The van der Waals surface area contributed by atoms with Crippen molar-refractivity contribution in [3.8, 4) is 0 Å². The average Bonchev–Trinajstić information content (AvgIpc) is 2.58. The summed E-state index contributed by atoms with van der Waals surface area (Å²) in [7, 11) is 0. The highest BCUT2D eigenvalue weighted by molar-refractivity contribution is 9.10. The highest BCUT2D eigenvalue weighted by Crippen LogP contribution is 2.28. The summed E-state index contributed by atoms with van der Waals surface area (Å²) < 4.78 is -1.20. The number of halogens is 3. The third-order valence-electron chi connectivity index (χ3n) is 3.06. The molecule has 6 nitrogen and oxygen atoms in total. The van der Waals surface area contributed by atoms with Crippen LogP contribution in [0.1, 0.15) is 48.0 Å². The largest absolute Gasteiger partial charge is 0.481 e. The topological polar surface area (TPSA) is 109 Å². The van der Waals surface area contributed by atoms with Crippen LogP contribution >= 0.6 is 62.7 Å². The molecule has 166 valence electrons. The number of carbonyl (C=O) groups is 4. The number of carboxylic acids is 2. The first-order chi connectivity index (χ1) is 12.6. The zero-order valence-corrected chi connectivity index (χ0v) is 21.6. The Balaban J connectivity index is -0.000000392. The Labute approximate surface area is 194 Å². The van der Waals surface area contributed by atoms with Gasteiger partial charge in [-0.1, -0.05) is 22.9 Å². The van der Waals surface area contributed by atoms with E-state index in [1.54, 1.807) is 41.5 Å². The van der Waals surface area contributed by atoms with E-state index in [4.69, 9.17) is 33.4 Å². The van der Waals surface area contributed by atoms with E-state index < -0.39 is 21.4 Å². The van der Waals surface area contributed by atoms with Crippen molar-refractivity contribution >= 4 is 86.2 Å². The van der Waals surface area contributed by atoms with E-state index in [1.165, 1.54) is 11.8 Å². The Morgan fingerprint density at radius 3 is 1.50 bits per heavy atom. The number of hydrogen-bond acceptors (Lipinski definition) is 6. The van der Waals surface area contributed by atoms with Crippen LogP contribution in [0.25, 0.3) is 0 Å². The highest BCUT2D eigenvalue weighted by atomic mass is 79.9. The molecule has 0 fully saturated rings. The number of hydrogen-bond donors (Lipinski definition) is 2. The molecule has 11 heteroatoms. The number of carbonyl (C=O) groups excluding carboxylic acids is 2. The molecule has 0 aliphatic carbocycles. The molecular weight excluding hydrogens is 515 g/mol. The Kier molecular flexibility index (Phi) is 19.6. The maximum atomic E-state index is 11.5. The van der Waals surface area contributed by atoms with Crippen molar-refractivity contribution in [2.75, 3.05) is 16.8 Å². The van der Waals surface area contributed by atoms with Crippen LogP contribution in [-0.4, -0.2) is 64.9 Å². The lowest BCUT2D eigenvalue weighted by atomic mass is 10.1. The molecule has 2 N–H and O–H groups in total. The smallest absolute Gasteiger partial charge is 0.313 e. The summed E-state index contributed by atoms with van der Waals surface area (Å²) in [6.45, 7) is 10.5. The lowest BCUT2D eigenvalue weighted by Gasteiger charge is -2.22. The van der Waals surface area contributed by atoms with Gasteiger partial charge >= 0.3 is 11.9 Å². The van der Waals surface area contributed by atoms with Crippen molar-refractivity contribution in [1.82, 2.24) is 0 Å². The van der Waals surface area contributed by atoms with Gasteiger partial charge in [-0.15, -0.1) is 46.7 Å². The Bertz CT molecular complexity index is 514. The van der Waals surface area contributed by atoms with Gasteiger partial charge in [-0.2, -0.15) is 0 Å². The minimum absolute atomic E-state index is 0.0127. The number of aliphatic carboxylic acids is 2. The molecule has 0 saturated heterocycles. The van der Waals surface area contributed by atoms with Crippen molar-refractivity contribution in [2.45, 2.75) is 62.3 Å². The van der Waals surface area contributed by atoms with E-state index in [9.17, 15) is 19.2 Å². The Morgan fingerprint density at radius 2 is 1.25 bits per heavy atom. The highest BCUT2D eigenvalue weighted by Gasteiger charge is 2.31. The van der Waals surface area contributed by atoms with Crippen molar-refractivity contribution in [3.63, 3.8) is 0 Å². The van der Waals surface area contributed by atoms with E-state index in [0.717, 1.165) is 11.8 Å². The van der Waals surface area contributed by atoms with Crippen molar-refractivity contribution in [1.29, 1.82) is 0 Å². The van der Waals surface area contributed by atoms with Crippen LogP contribution in [0.4, 0.5) is 0 Å². The van der Waals surface area contributed by atoms with Crippen LogP contribution in [0, 0.1) is 0 Å². The molecule has 0 aliphatic rings. The van der Waals surface area contributed by atoms with Crippen molar-refractivity contribution < 1.29 is 29.4 Å². The monoisotopic (exact) mass is 542 g/mol. The lowest BCUT2D eigenvalue weighted by Crippen LogP contribution is -2.34. The molecule has 0 radical (unpaired) electrons. The quantitative estimate of drug-likeness (QED) is 0.374. The van der Waals surface area contributed by atoms with Gasteiger partial charge in [0.25, 0.3) is 0 Å². The zero-order valence-electron chi connectivity index (χ0n) is 16.9. The molecular formula is C17H29BrCl2O6S2. The molecule has 0 saturated carbocycles. The third-order valence-corrected chi connectivity index (χ3v) is 6.13. The van der Waals surface area contributed by atoms with Gasteiger partial charge in [-0.3, -0.25) is 19.2 Å². The molecule has 0 heterocycles. The zero-order chi connectivity index (χ0) is 23.1. The fourth-order valence-corrected chi connectivity index (χ4v) is 3.86. The Morgan fingerprint density at radius 1 is 0.929 bits per heavy atom. The second-order valence-electron chi connectivity index (χ2n) is 6.24. The number of Topliss-reactive ketones (excluding diaryl/α,β-unsaturated/α-hetero) is 2. The molecule has 0 aromatic rings. The maximum absolute atomic E-state index is 11.5. The van der Waals surface area contributed by atoms with Crippen LogP contribution in [0.5, 0.6) is 0 Å². The minimum Gasteiger partial charge on any atom is -0.481 e. The average molecular weight is 544 g/mol. The van der Waals surface area contributed by atoms with Crippen LogP contribution < -0.4 is 0 Å². The van der Waals surface area contributed by atoms with Gasteiger partial charge in [-0.05, 0) is 34.6 Å². The fraction of sp³-hybridized carbons (Fsp3) is 0.765. The minimum atomic E-state index is -0.895. The van der Waals surface area contributed by atoms with Gasteiger partial charge in [0.1, 0.15) is 5.78 Å². The summed E-state index contributed by atoms with van der Waals surface area (Å²) in [4.78, 5) is 43.0. The van der Waals surface area contributed by atoms with Gasteiger partial charge in [0, 0.05) is 6.42 Å². The summed E-state index contributed by atoms with van der Waals surface area (Å²) in [6.07, 6.45) is 0.458. The van der Waals surface area contributed by atoms with Gasteiger partial charge in [0.05, 0.1) is 31.2 Å². The van der Waals surface area contributed by atoms with E-state index >= 15 is 0 Å². The van der Waals surface area contributed by atoms with Crippen molar-refractivity contribution in [2.24, 2.45) is 0 Å². The van der Waals surface area contributed by atoms with Gasteiger partial charge < -0.3 is 10.2 Å². The van der Waals surface area contributed by atoms with Gasteiger partial charge in [0.15, 0.2) is 5.78 Å². The molecule has 0 aromatic heterocycles.